The highest BCUT2D eigenvalue weighted by Gasteiger charge is 2.18. The van der Waals surface area contributed by atoms with E-state index in [1.807, 2.05) is 0 Å². The van der Waals surface area contributed by atoms with Gasteiger partial charge in [-0.25, -0.2) is 4.98 Å². The van der Waals surface area contributed by atoms with E-state index in [4.69, 9.17) is 9.47 Å². The number of fused-ring (bicyclic) bond motifs is 1. The molecule has 1 aliphatic rings. The van der Waals surface area contributed by atoms with Crippen LogP contribution in [0.25, 0.3) is 11.4 Å². The van der Waals surface area contributed by atoms with E-state index in [1.54, 1.807) is 30.0 Å². The van der Waals surface area contributed by atoms with E-state index in [2.05, 4.69) is 9.97 Å². The van der Waals surface area contributed by atoms with Gasteiger partial charge in [0.2, 0.25) is 0 Å². The van der Waals surface area contributed by atoms with Crippen molar-refractivity contribution in [3.8, 4) is 17.1 Å². The lowest BCUT2D eigenvalue weighted by Gasteiger charge is -2.15. The summed E-state index contributed by atoms with van der Waals surface area (Å²) in [7, 11) is 2.97. The molecule has 1 aromatic heterocycles. The first-order valence-electron chi connectivity index (χ1n) is 7.54. The Morgan fingerprint density at radius 3 is 2.96 bits per heavy atom. The van der Waals surface area contributed by atoms with Crippen LogP contribution < -0.4 is 10.3 Å². The minimum absolute atomic E-state index is 0.0126. The number of nitrogens with one attached hydrogen (secondary N) is 1. The van der Waals surface area contributed by atoms with Gasteiger partial charge in [-0.15, -0.1) is 0 Å². The van der Waals surface area contributed by atoms with Gasteiger partial charge in [-0.05, 0) is 24.3 Å². The second kappa shape index (κ2) is 7.19. The lowest BCUT2D eigenvalue weighted by atomic mass is 10.1. The number of benzene rings is 1. The SMILES string of the molecule is COCC(=O)c1ccc(-c2nc3c(c(=O)[nH]2)CSCC3)cc1OC. The number of thioether (sulfide) groups is 1. The lowest BCUT2D eigenvalue weighted by molar-refractivity contribution is 0.0845. The molecule has 0 saturated heterocycles. The zero-order valence-corrected chi connectivity index (χ0v) is 14.4. The molecule has 24 heavy (non-hydrogen) atoms. The molecule has 0 fully saturated rings. The monoisotopic (exact) mass is 346 g/mol. The maximum absolute atomic E-state index is 12.3. The van der Waals surface area contributed by atoms with Gasteiger partial charge in [-0.3, -0.25) is 9.59 Å². The molecule has 126 valence electrons. The topological polar surface area (TPSA) is 81.3 Å². The van der Waals surface area contributed by atoms with Crippen LogP contribution in [0.4, 0.5) is 0 Å². The molecule has 1 N–H and O–H groups in total. The largest absolute Gasteiger partial charge is 0.496 e. The summed E-state index contributed by atoms with van der Waals surface area (Å²) in [4.78, 5) is 31.7. The molecule has 0 radical (unpaired) electrons. The number of aryl methyl sites for hydroxylation is 1. The Kier molecular flexibility index (Phi) is 5.01. The van der Waals surface area contributed by atoms with Crippen molar-refractivity contribution >= 4 is 17.5 Å². The Bertz CT molecular complexity index is 832. The number of aromatic nitrogens is 2. The molecule has 0 aliphatic carbocycles. The number of H-pyrrole nitrogens is 1. The minimum atomic E-state index is -0.162. The van der Waals surface area contributed by atoms with E-state index in [9.17, 15) is 9.59 Å². The molecule has 6 nitrogen and oxygen atoms in total. The first-order valence-corrected chi connectivity index (χ1v) is 8.70. The number of hydrogen-bond acceptors (Lipinski definition) is 6. The molecule has 1 aliphatic heterocycles. The second-order valence-corrected chi connectivity index (χ2v) is 6.52. The van der Waals surface area contributed by atoms with E-state index >= 15 is 0 Å². The van der Waals surface area contributed by atoms with Crippen molar-refractivity contribution < 1.29 is 14.3 Å². The third-order valence-electron chi connectivity index (χ3n) is 3.88. The summed E-state index contributed by atoms with van der Waals surface area (Å²) in [5.74, 6) is 2.44. The van der Waals surface area contributed by atoms with E-state index in [0.717, 1.165) is 23.4 Å². The highest BCUT2D eigenvalue weighted by atomic mass is 32.2. The molecule has 7 heteroatoms. The van der Waals surface area contributed by atoms with Crippen molar-refractivity contribution in [1.82, 2.24) is 9.97 Å². The van der Waals surface area contributed by atoms with Crippen LogP contribution in [0.2, 0.25) is 0 Å². The van der Waals surface area contributed by atoms with Crippen molar-refractivity contribution in [2.24, 2.45) is 0 Å². The number of carbonyl (C=O) groups is 1. The predicted octanol–water partition coefficient (Wildman–Crippen LogP) is 2.06. The maximum atomic E-state index is 12.3. The fourth-order valence-electron chi connectivity index (χ4n) is 2.66. The number of hydrogen-bond donors (Lipinski definition) is 1. The van der Waals surface area contributed by atoms with Crippen molar-refractivity contribution in [3.05, 3.63) is 45.4 Å². The van der Waals surface area contributed by atoms with Gasteiger partial charge in [0.05, 0.1) is 18.4 Å². The van der Waals surface area contributed by atoms with Crippen molar-refractivity contribution in [1.29, 1.82) is 0 Å². The Hall–Kier alpha value is -2.12. The molecule has 2 heterocycles. The minimum Gasteiger partial charge on any atom is -0.496 e. The first-order chi connectivity index (χ1) is 11.6. The summed E-state index contributed by atoms with van der Waals surface area (Å²) < 4.78 is 10.2. The number of aromatic amines is 1. The average molecular weight is 346 g/mol. The normalized spacial score (nSPS) is 13.4. The fourth-order valence-corrected chi connectivity index (χ4v) is 3.64. The molecule has 0 amide bonds. The number of Topliss-reactive ketones (excluding diaryl/α,β-unsaturated/α-hetero) is 1. The quantitative estimate of drug-likeness (QED) is 0.835. The van der Waals surface area contributed by atoms with Gasteiger partial charge < -0.3 is 14.5 Å². The molecule has 0 spiro atoms. The van der Waals surface area contributed by atoms with Gasteiger partial charge in [-0.1, -0.05) is 6.07 Å². The van der Waals surface area contributed by atoms with E-state index < -0.39 is 0 Å². The Labute approximate surface area is 143 Å². The predicted molar refractivity (Wildman–Crippen MR) is 92.9 cm³/mol. The summed E-state index contributed by atoms with van der Waals surface area (Å²) in [6, 6.07) is 5.14. The van der Waals surface area contributed by atoms with E-state index in [1.165, 1.54) is 14.2 Å². The molecule has 0 atom stereocenters. The zero-order chi connectivity index (χ0) is 17.1. The van der Waals surface area contributed by atoms with Gasteiger partial charge in [-0.2, -0.15) is 11.8 Å². The average Bonchev–Trinajstić information content (AvgIpc) is 2.61. The molecule has 1 aromatic carbocycles. The first kappa shape index (κ1) is 16.7. The Morgan fingerprint density at radius 1 is 1.38 bits per heavy atom. The molecule has 0 bridgehead atoms. The van der Waals surface area contributed by atoms with Gasteiger partial charge in [0, 0.05) is 24.0 Å². The number of methoxy groups -OCH3 is 2. The van der Waals surface area contributed by atoms with Crippen LogP contribution in [-0.4, -0.2) is 42.3 Å². The van der Waals surface area contributed by atoms with E-state index in [0.29, 0.717) is 28.5 Å². The third kappa shape index (κ3) is 3.22. The summed E-state index contributed by atoms with van der Waals surface area (Å²) in [6.45, 7) is -0.0126. The summed E-state index contributed by atoms with van der Waals surface area (Å²) >= 11 is 1.74. The number of ether oxygens (including phenoxy) is 2. The van der Waals surface area contributed by atoms with Crippen LogP contribution in [-0.2, 0) is 16.9 Å². The molecule has 3 rings (SSSR count). The van der Waals surface area contributed by atoms with Gasteiger partial charge in [0.15, 0.2) is 5.78 Å². The van der Waals surface area contributed by atoms with Crippen LogP contribution in [0, 0.1) is 0 Å². The molecular formula is C17H18N2O4S. The number of ketones is 1. The van der Waals surface area contributed by atoms with Crippen LogP contribution >= 0.6 is 11.8 Å². The number of rotatable bonds is 5. The van der Waals surface area contributed by atoms with Gasteiger partial charge >= 0.3 is 0 Å². The number of nitrogens with zero attached hydrogens (tertiary/aromatic N) is 1. The third-order valence-corrected chi connectivity index (χ3v) is 4.87. The summed E-state index contributed by atoms with van der Waals surface area (Å²) in [6.07, 6.45) is 0.790. The van der Waals surface area contributed by atoms with Crippen LogP contribution in [0.1, 0.15) is 21.6 Å². The fraction of sp³-hybridized carbons (Fsp3) is 0.353. The number of carbonyl (C=O) groups excluding carboxylic acids is 1. The van der Waals surface area contributed by atoms with Crippen LogP contribution in [0.5, 0.6) is 5.75 Å². The highest BCUT2D eigenvalue weighted by Crippen LogP contribution is 2.27. The Balaban J connectivity index is 2.02. The maximum Gasteiger partial charge on any atom is 0.255 e. The standard InChI is InChI=1S/C17H18N2O4S/c1-22-8-14(20)11-4-3-10(7-15(11)23-2)16-18-13-5-6-24-9-12(13)17(21)19-16/h3-4,7H,5-6,8-9H2,1-2H3,(H,18,19,21). The van der Waals surface area contributed by atoms with E-state index in [-0.39, 0.29) is 17.9 Å². The smallest absolute Gasteiger partial charge is 0.255 e. The molecule has 0 saturated carbocycles. The van der Waals surface area contributed by atoms with Crippen LogP contribution in [0.3, 0.4) is 0 Å². The molecule has 2 aromatic rings. The Morgan fingerprint density at radius 2 is 2.21 bits per heavy atom. The summed E-state index contributed by atoms with van der Waals surface area (Å²) in [5.41, 5.74) is 2.67. The second-order valence-electron chi connectivity index (χ2n) is 5.41. The van der Waals surface area contributed by atoms with Crippen molar-refractivity contribution in [2.45, 2.75) is 12.2 Å². The van der Waals surface area contributed by atoms with Crippen molar-refractivity contribution in [3.63, 3.8) is 0 Å². The highest BCUT2D eigenvalue weighted by molar-refractivity contribution is 7.98. The molecular weight excluding hydrogens is 328 g/mol. The lowest BCUT2D eigenvalue weighted by Crippen LogP contribution is -2.21. The van der Waals surface area contributed by atoms with Gasteiger partial charge in [0.25, 0.3) is 5.56 Å². The molecule has 0 unspecified atom stereocenters. The van der Waals surface area contributed by atoms with Crippen molar-refractivity contribution in [2.75, 3.05) is 26.6 Å². The van der Waals surface area contributed by atoms with Crippen LogP contribution in [0.15, 0.2) is 23.0 Å². The zero-order valence-electron chi connectivity index (χ0n) is 13.5. The van der Waals surface area contributed by atoms with Gasteiger partial charge in [0.1, 0.15) is 18.2 Å². The summed E-state index contributed by atoms with van der Waals surface area (Å²) in [5, 5.41) is 0.